The molecule has 3 rings (SSSR count). The van der Waals surface area contributed by atoms with Crippen LogP contribution in [0.2, 0.25) is 0 Å². The largest absolute Gasteiger partial charge is 0.444 e. The maximum atomic E-state index is 11.9. The van der Waals surface area contributed by atoms with Gasteiger partial charge < -0.3 is 15.4 Å². The van der Waals surface area contributed by atoms with E-state index in [9.17, 15) is 9.59 Å². The molecule has 0 aliphatic rings. The van der Waals surface area contributed by atoms with Gasteiger partial charge in [0.05, 0.1) is 11.0 Å². The zero-order valence-corrected chi connectivity index (χ0v) is 16.8. The number of rotatable bonds is 6. The number of para-hydroxylation sites is 2. The van der Waals surface area contributed by atoms with Crippen LogP contribution in [0.5, 0.6) is 0 Å². The molecular formula is C21H25N5O3. The molecule has 0 aliphatic heterocycles. The maximum Gasteiger partial charge on any atom is 0.407 e. The Balaban J connectivity index is 1.47. The van der Waals surface area contributed by atoms with Gasteiger partial charge >= 0.3 is 6.09 Å². The summed E-state index contributed by atoms with van der Waals surface area (Å²) in [4.78, 5) is 32.3. The molecule has 0 aliphatic carbocycles. The number of imidazole rings is 1. The second-order valence-electron chi connectivity index (χ2n) is 7.58. The SMILES string of the molecule is CC(C)(C)OC(=O)NCCC(=O)NCc1ccc(-n2cnc3ccccc32)nc1. The van der Waals surface area contributed by atoms with Gasteiger partial charge in [-0.2, -0.15) is 0 Å². The van der Waals surface area contributed by atoms with Crippen molar-refractivity contribution in [3.63, 3.8) is 0 Å². The van der Waals surface area contributed by atoms with Crippen molar-refractivity contribution in [1.29, 1.82) is 0 Å². The molecular weight excluding hydrogens is 370 g/mol. The summed E-state index contributed by atoms with van der Waals surface area (Å²) in [6, 6.07) is 11.6. The second-order valence-corrected chi connectivity index (χ2v) is 7.58. The fourth-order valence-electron chi connectivity index (χ4n) is 2.69. The Kier molecular flexibility index (Phi) is 6.11. The van der Waals surface area contributed by atoms with Gasteiger partial charge in [-0.1, -0.05) is 18.2 Å². The van der Waals surface area contributed by atoms with Crippen LogP contribution in [0.15, 0.2) is 48.9 Å². The minimum atomic E-state index is -0.561. The number of hydrogen-bond donors (Lipinski definition) is 2. The Hall–Kier alpha value is -3.42. The van der Waals surface area contributed by atoms with Crippen molar-refractivity contribution in [3.05, 3.63) is 54.5 Å². The third-order valence-electron chi connectivity index (χ3n) is 4.02. The molecule has 8 nitrogen and oxygen atoms in total. The van der Waals surface area contributed by atoms with E-state index in [1.54, 1.807) is 33.3 Å². The molecule has 0 unspecified atom stereocenters. The third-order valence-corrected chi connectivity index (χ3v) is 4.02. The van der Waals surface area contributed by atoms with Gasteiger partial charge in [-0.25, -0.2) is 14.8 Å². The number of pyridine rings is 1. The lowest BCUT2D eigenvalue weighted by Gasteiger charge is -2.19. The Labute approximate surface area is 169 Å². The minimum absolute atomic E-state index is 0.161. The average Bonchev–Trinajstić information content (AvgIpc) is 3.09. The topological polar surface area (TPSA) is 98.1 Å². The smallest absolute Gasteiger partial charge is 0.407 e. The van der Waals surface area contributed by atoms with Crippen LogP contribution in [-0.2, 0) is 16.1 Å². The van der Waals surface area contributed by atoms with Crippen LogP contribution in [0.4, 0.5) is 4.79 Å². The Morgan fingerprint density at radius 1 is 1.07 bits per heavy atom. The molecule has 0 saturated carbocycles. The second kappa shape index (κ2) is 8.72. The highest BCUT2D eigenvalue weighted by atomic mass is 16.6. The monoisotopic (exact) mass is 395 g/mol. The average molecular weight is 395 g/mol. The van der Waals surface area contributed by atoms with E-state index in [1.807, 2.05) is 41.0 Å². The summed E-state index contributed by atoms with van der Waals surface area (Å²) in [7, 11) is 0. The number of aromatic nitrogens is 3. The van der Waals surface area contributed by atoms with Crippen LogP contribution in [0.25, 0.3) is 16.9 Å². The zero-order chi connectivity index (χ0) is 20.9. The summed E-state index contributed by atoms with van der Waals surface area (Å²) in [5.74, 6) is 0.598. The van der Waals surface area contributed by atoms with Crippen molar-refractivity contribution in [3.8, 4) is 5.82 Å². The lowest BCUT2D eigenvalue weighted by Crippen LogP contribution is -2.35. The van der Waals surface area contributed by atoms with E-state index in [4.69, 9.17) is 4.74 Å². The Morgan fingerprint density at radius 3 is 2.59 bits per heavy atom. The number of nitrogens with zero attached hydrogens (tertiary/aromatic N) is 3. The summed E-state index contributed by atoms with van der Waals surface area (Å²) >= 11 is 0. The lowest BCUT2D eigenvalue weighted by atomic mass is 10.2. The predicted molar refractivity (Wildman–Crippen MR) is 110 cm³/mol. The zero-order valence-electron chi connectivity index (χ0n) is 16.8. The van der Waals surface area contributed by atoms with Gasteiger partial charge in [0, 0.05) is 25.7 Å². The summed E-state index contributed by atoms with van der Waals surface area (Å²) in [6.07, 6.45) is 3.11. The van der Waals surface area contributed by atoms with Crippen molar-refractivity contribution in [1.82, 2.24) is 25.2 Å². The van der Waals surface area contributed by atoms with Crippen molar-refractivity contribution in [2.24, 2.45) is 0 Å². The molecule has 0 spiro atoms. The molecule has 0 saturated heterocycles. The number of fused-ring (bicyclic) bond motifs is 1. The molecule has 2 N–H and O–H groups in total. The molecule has 2 amide bonds. The molecule has 0 fully saturated rings. The fraction of sp³-hybridized carbons (Fsp3) is 0.333. The molecule has 3 aromatic rings. The first-order valence-electron chi connectivity index (χ1n) is 9.43. The van der Waals surface area contributed by atoms with Gasteiger partial charge in [-0.05, 0) is 44.5 Å². The summed E-state index contributed by atoms with van der Waals surface area (Å²) in [5.41, 5.74) is 2.21. The van der Waals surface area contributed by atoms with Crippen molar-refractivity contribution in [2.75, 3.05) is 6.54 Å². The quantitative estimate of drug-likeness (QED) is 0.669. The van der Waals surface area contributed by atoms with E-state index in [-0.39, 0.29) is 18.9 Å². The van der Waals surface area contributed by atoms with E-state index < -0.39 is 11.7 Å². The number of nitrogens with one attached hydrogen (secondary N) is 2. The summed E-state index contributed by atoms with van der Waals surface area (Å²) < 4.78 is 7.04. The molecule has 2 aromatic heterocycles. The number of carbonyl (C=O) groups is 2. The van der Waals surface area contributed by atoms with Gasteiger partial charge in [0.1, 0.15) is 17.7 Å². The van der Waals surface area contributed by atoms with E-state index in [0.29, 0.717) is 6.54 Å². The first-order chi connectivity index (χ1) is 13.8. The molecule has 152 valence electrons. The molecule has 2 heterocycles. The van der Waals surface area contributed by atoms with E-state index in [0.717, 1.165) is 22.4 Å². The van der Waals surface area contributed by atoms with Crippen molar-refractivity contribution in [2.45, 2.75) is 39.3 Å². The van der Waals surface area contributed by atoms with E-state index >= 15 is 0 Å². The summed E-state index contributed by atoms with van der Waals surface area (Å²) in [6.45, 7) is 5.94. The number of ether oxygens (including phenoxy) is 1. The fourth-order valence-corrected chi connectivity index (χ4v) is 2.69. The molecule has 0 atom stereocenters. The minimum Gasteiger partial charge on any atom is -0.444 e. The predicted octanol–water partition coefficient (Wildman–Crippen LogP) is 2.95. The van der Waals surface area contributed by atoms with E-state index in [2.05, 4.69) is 20.6 Å². The third kappa shape index (κ3) is 5.78. The number of hydrogen-bond acceptors (Lipinski definition) is 5. The van der Waals surface area contributed by atoms with Gasteiger partial charge in [-0.3, -0.25) is 9.36 Å². The van der Waals surface area contributed by atoms with Crippen LogP contribution < -0.4 is 10.6 Å². The van der Waals surface area contributed by atoms with Crippen LogP contribution in [0.3, 0.4) is 0 Å². The van der Waals surface area contributed by atoms with Crippen LogP contribution in [0, 0.1) is 0 Å². The van der Waals surface area contributed by atoms with Crippen LogP contribution in [0.1, 0.15) is 32.8 Å². The molecule has 29 heavy (non-hydrogen) atoms. The van der Waals surface area contributed by atoms with Gasteiger partial charge in [-0.15, -0.1) is 0 Å². The molecule has 8 heteroatoms. The number of alkyl carbamates (subject to hydrolysis) is 1. The number of benzene rings is 1. The van der Waals surface area contributed by atoms with Crippen molar-refractivity contribution < 1.29 is 14.3 Å². The van der Waals surface area contributed by atoms with Crippen LogP contribution in [-0.4, -0.2) is 38.7 Å². The molecule has 0 bridgehead atoms. The first-order valence-corrected chi connectivity index (χ1v) is 9.43. The molecule has 0 radical (unpaired) electrons. The maximum absolute atomic E-state index is 11.9. The highest BCUT2D eigenvalue weighted by Crippen LogP contribution is 2.16. The number of carbonyl (C=O) groups excluding carboxylic acids is 2. The highest BCUT2D eigenvalue weighted by molar-refractivity contribution is 5.77. The number of amides is 2. The van der Waals surface area contributed by atoms with Crippen molar-refractivity contribution >= 4 is 23.0 Å². The van der Waals surface area contributed by atoms with Gasteiger partial charge in [0.2, 0.25) is 5.91 Å². The standard InChI is InChI=1S/C21H25N5O3/c1-21(2,3)29-20(28)22-11-10-19(27)24-13-15-8-9-18(23-12-15)26-14-25-16-6-4-5-7-17(16)26/h4-9,12,14H,10-11,13H2,1-3H3,(H,22,28)(H,24,27). The molecule has 1 aromatic carbocycles. The van der Waals surface area contributed by atoms with Gasteiger partial charge in [0.25, 0.3) is 0 Å². The normalized spacial score (nSPS) is 11.3. The Morgan fingerprint density at radius 2 is 1.86 bits per heavy atom. The Bertz CT molecular complexity index is 989. The van der Waals surface area contributed by atoms with E-state index in [1.165, 1.54) is 0 Å². The highest BCUT2D eigenvalue weighted by Gasteiger charge is 2.15. The summed E-state index contributed by atoms with van der Waals surface area (Å²) in [5, 5.41) is 5.38. The first kappa shape index (κ1) is 20.3. The van der Waals surface area contributed by atoms with Gasteiger partial charge in [0.15, 0.2) is 0 Å². The lowest BCUT2D eigenvalue weighted by molar-refractivity contribution is -0.121. The van der Waals surface area contributed by atoms with Crippen LogP contribution >= 0.6 is 0 Å².